The summed E-state index contributed by atoms with van der Waals surface area (Å²) in [7, 11) is 0. The molecule has 4 aromatic rings. The molecule has 0 saturated heterocycles. The van der Waals surface area contributed by atoms with E-state index in [2.05, 4.69) is 36.8 Å². The third-order valence-electron chi connectivity index (χ3n) is 4.70. The molecule has 1 aromatic heterocycles. The van der Waals surface area contributed by atoms with Crippen molar-refractivity contribution < 1.29 is 4.79 Å². The molecule has 3 aromatic carbocycles. The van der Waals surface area contributed by atoms with E-state index >= 15 is 0 Å². The average molecular weight is 543 g/mol. The van der Waals surface area contributed by atoms with E-state index in [1.807, 2.05) is 83.4 Å². The highest BCUT2D eigenvalue weighted by atomic mass is 79.9. The number of nitrogens with one attached hydrogen (secondary N) is 2. The molecule has 0 unspecified atom stereocenters. The topological polar surface area (TPSA) is 71.8 Å². The number of benzene rings is 3. The number of thioether (sulfide) groups is 1. The number of hydrogen-bond acceptors (Lipinski definition) is 5. The van der Waals surface area contributed by atoms with Gasteiger partial charge in [0.2, 0.25) is 5.91 Å². The average Bonchev–Trinajstić information content (AvgIpc) is 3.23. The third kappa shape index (κ3) is 6.60. The molecule has 168 valence electrons. The van der Waals surface area contributed by atoms with Gasteiger partial charge in [0.25, 0.3) is 0 Å². The van der Waals surface area contributed by atoms with Crippen LogP contribution in [-0.2, 0) is 11.3 Å². The number of halogens is 2. The molecular weight excluding hydrogens is 522 g/mol. The minimum absolute atomic E-state index is 0.0415. The highest BCUT2D eigenvalue weighted by Gasteiger charge is 2.15. The molecule has 33 heavy (non-hydrogen) atoms. The Hall–Kier alpha value is -2.81. The number of nitrogens with zero attached hydrogens (tertiary/aromatic N) is 3. The van der Waals surface area contributed by atoms with Gasteiger partial charge in [0.05, 0.1) is 6.54 Å². The van der Waals surface area contributed by atoms with Crippen molar-refractivity contribution in [3.8, 4) is 5.69 Å². The fourth-order valence-corrected chi connectivity index (χ4v) is 4.38. The van der Waals surface area contributed by atoms with E-state index in [0.29, 0.717) is 23.7 Å². The first-order valence-electron chi connectivity index (χ1n) is 10.3. The predicted molar refractivity (Wildman–Crippen MR) is 138 cm³/mol. The second kappa shape index (κ2) is 11.4. The van der Waals surface area contributed by atoms with Crippen LogP contribution in [0.25, 0.3) is 5.69 Å². The summed E-state index contributed by atoms with van der Waals surface area (Å²) < 4.78 is 2.98. The summed E-state index contributed by atoms with van der Waals surface area (Å²) in [5.74, 6) is 1.32. The number of anilines is 2. The maximum Gasteiger partial charge on any atom is 0.225 e. The van der Waals surface area contributed by atoms with Crippen molar-refractivity contribution >= 4 is 56.6 Å². The zero-order valence-electron chi connectivity index (χ0n) is 17.5. The minimum atomic E-state index is -0.0415. The minimum Gasteiger partial charge on any atom is -0.378 e. The highest BCUT2D eigenvalue weighted by molar-refractivity contribution is 9.10. The summed E-state index contributed by atoms with van der Waals surface area (Å²) in [6.07, 6.45) is 0.362. The number of amides is 1. The summed E-state index contributed by atoms with van der Waals surface area (Å²) in [5, 5.41) is 16.5. The lowest BCUT2D eigenvalue weighted by Gasteiger charge is -2.11. The molecule has 0 aliphatic heterocycles. The lowest BCUT2D eigenvalue weighted by Crippen LogP contribution is -2.12. The van der Waals surface area contributed by atoms with E-state index < -0.39 is 0 Å². The van der Waals surface area contributed by atoms with Crippen LogP contribution in [0.4, 0.5) is 11.4 Å². The van der Waals surface area contributed by atoms with Crippen LogP contribution in [0.15, 0.2) is 88.5 Å². The fraction of sp³-hybridized carbons (Fsp3) is 0.125. The van der Waals surface area contributed by atoms with Crippen molar-refractivity contribution in [1.29, 1.82) is 0 Å². The van der Waals surface area contributed by atoms with Crippen molar-refractivity contribution in [1.82, 2.24) is 14.8 Å². The fourth-order valence-electron chi connectivity index (χ4n) is 3.09. The first kappa shape index (κ1) is 23.4. The lowest BCUT2D eigenvalue weighted by molar-refractivity contribution is -0.115. The number of hydrogen-bond donors (Lipinski definition) is 2. The Balaban J connectivity index is 1.42. The van der Waals surface area contributed by atoms with Crippen LogP contribution in [0, 0.1) is 0 Å². The number of aromatic nitrogens is 3. The molecule has 0 bridgehead atoms. The Morgan fingerprint density at radius 3 is 2.36 bits per heavy atom. The van der Waals surface area contributed by atoms with Crippen molar-refractivity contribution in [2.45, 2.75) is 18.1 Å². The van der Waals surface area contributed by atoms with Crippen molar-refractivity contribution in [3.63, 3.8) is 0 Å². The predicted octanol–water partition coefficient (Wildman–Crippen LogP) is 6.42. The second-order valence-electron chi connectivity index (χ2n) is 7.08. The number of para-hydroxylation sites is 1. The summed E-state index contributed by atoms with van der Waals surface area (Å²) in [4.78, 5) is 12.3. The van der Waals surface area contributed by atoms with E-state index in [0.717, 1.165) is 32.5 Å². The maximum atomic E-state index is 12.3. The van der Waals surface area contributed by atoms with Crippen LogP contribution in [-0.4, -0.2) is 26.4 Å². The first-order chi connectivity index (χ1) is 16.1. The van der Waals surface area contributed by atoms with Gasteiger partial charge in [-0.2, -0.15) is 0 Å². The zero-order chi connectivity index (χ0) is 23.0. The van der Waals surface area contributed by atoms with Gasteiger partial charge >= 0.3 is 0 Å². The highest BCUT2D eigenvalue weighted by Crippen LogP contribution is 2.24. The van der Waals surface area contributed by atoms with E-state index in [9.17, 15) is 4.79 Å². The Morgan fingerprint density at radius 1 is 0.939 bits per heavy atom. The summed E-state index contributed by atoms with van der Waals surface area (Å²) in [5.41, 5.74) is 2.69. The molecule has 0 atom stereocenters. The lowest BCUT2D eigenvalue weighted by atomic mass is 10.3. The zero-order valence-corrected chi connectivity index (χ0v) is 20.7. The molecule has 0 saturated carbocycles. The third-order valence-corrected chi connectivity index (χ3v) is 6.41. The molecule has 2 N–H and O–H groups in total. The van der Waals surface area contributed by atoms with Gasteiger partial charge in [-0.1, -0.05) is 57.5 Å². The Bertz CT molecular complexity index is 1200. The van der Waals surface area contributed by atoms with Crippen LogP contribution in [0.2, 0.25) is 5.02 Å². The van der Waals surface area contributed by atoms with Gasteiger partial charge in [0.15, 0.2) is 11.0 Å². The van der Waals surface area contributed by atoms with Gasteiger partial charge in [-0.15, -0.1) is 10.2 Å². The van der Waals surface area contributed by atoms with Gasteiger partial charge in [0, 0.05) is 38.7 Å². The van der Waals surface area contributed by atoms with Crippen LogP contribution in [0.3, 0.4) is 0 Å². The molecule has 0 radical (unpaired) electrons. The number of carbonyl (C=O) groups excluding carboxylic acids is 1. The monoisotopic (exact) mass is 541 g/mol. The molecule has 0 spiro atoms. The maximum absolute atomic E-state index is 12.3. The summed E-state index contributed by atoms with van der Waals surface area (Å²) >= 11 is 10.9. The van der Waals surface area contributed by atoms with Gasteiger partial charge in [-0.05, 0) is 60.7 Å². The quantitative estimate of drug-likeness (QED) is 0.239. The normalized spacial score (nSPS) is 10.7. The van der Waals surface area contributed by atoms with E-state index in [1.54, 1.807) is 0 Å². The van der Waals surface area contributed by atoms with E-state index in [-0.39, 0.29) is 5.91 Å². The van der Waals surface area contributed by atoms with Gasteiger partial charge < -0.3 is 10.6 Å². The largest absolute Gasteiger partial charge is 0.378 e. The van der Waals surface area contributed by atoms with Crippen LogP contribution in [0.1, 0.15) is 12.2 Å². The molecule has 1 heterocycles. The van der Waals surface area contributed by atoms with Crippen LogP contribution >= 0.6 is 39.3 Å². The van der Waals surface area contributed by atoms with Crippen molar-refractivity contribution in [2.75, 3.05) is 16.4 Å². The first-order valence-corrected chi connectivity index (χ1v) is 12.4. The number of carbonyl (C=O) groups is 1. The number of rotatable bonds is 9. The molecule has 0 aliphatic rings. The standard InChI is InChI=1S/C24H21BrClN5OS/c25-17-6-10-20(11-7-17)28-23(32)14-15-33-24-30-29-22(31(24)21-4-2-1-3-5-21)16-27-19-12-8-18(26)9-13-19/h1-13,27H,14-16H2,(H,28,32). The molecule has 0 aliphatic carbocycles. The Morgan fingerprint density at radius 2 is 1.64 bits per heavy atom. The molecule has 4 rings (SSSR count). The molecule has 6 nitrogen and oxygen atoms in total. The van der Waals surface area contributed by atoms with Crippen molar-refractivity contribution in [2.24, 2.45) is 0 Å². The second-order valence-corrected chi connectivity index (χ2v) is 9.50. The van der Waals surface area contributed by atoms with Crippen LogP contribution in [0.5, 0.6) is 0 Å². The Labute approximate surface area is 209 Å². The molecule has 1 amide bonds. The summed E-state index contributed by atoms with van der Waals surface area (Å²) in [6.45, 7) is 0.494. The SMILES string of the molecule is O=C(CCSc1nnc(CNc2ccc(Cl)cc2)n1-c1ccccc1)Nc1ccc(Br)cc1. The van der Waals surface area contributed by atoms with E-state index in [1.165, 1.54) is 11.8 Å². The van der Waals surface area contributed by atoms with Gasteiger partial charge in [-0.25, -0.2) is 0 Å². The van der Waals surface area contributed by atoms with Gasteiger partial charge in [0.1, 0.15) is 0 Å². The smallest absolute Gasteiger partial charge is 0.225 e. The molecular formula is C24H21BrClN5OS. The Kier molecular flexibility index (Phi) is 8.04. The molecule has 0 fully saturated rings. The van der Waals surface area contributed by atoms with Gasteiger partial charge in [-0.3, -0.25) is 9.36 Å². The molecule has 9 heteroatoms. The van der Waals surface area contributed by atoms with Crippen molar-refractivity contribution in [3.05, 3.63) is 94.2 Å². The summed E-state index contributed by atoms with van der Waals surface area (Å²) in [6, 6.07) is 25.0. The van der Waals surface area contributed by atoms with E-state index in [4.69, 9.17) is 11.6 Å². The van der Waals surface area contributed by atoms with Crippen LogP contribution < -0.4 is 10.6 Å².